The molecule has 1 atom stereocenters. The van der Waals surface area contributed by atoms with E-state index in [1.807, 2.05) is 55.6 Å². The number of hydrogen-bond acceptors (Lipinski definition) is 6. The number of thiazole rings is 1. The molecule has 31 heavy (non-hydrogen) atoms. The van der Waals surface area contributed by atoms with Gasteiger partial charge in [0.15, 0.2) is 10.6 Å². The van der Waals surface area contributed by atoms with Gasteiger partial charge in [-0.3, -0.25) is 14.5 Å². The number of fused-ring (bicyclic) bond motifs is 3. The van der Waals surface area contributed by atoms with E-state index in [1.165, 1.54) is 22.7 Å². The number of carbonyl (C=O) groups excluding carboxylic acids is 1. The summed E-state index contributed by atoms with van der Waals surface area (Å²) in [4.78, 5) is 34.4. The van der Waals surface area contributed by atoms with Crippen molar-refractivity contribution in [3.8, 4) is 0 Å². The zero-order valence-corrected chi connectivity index (χ0v) is 18.3. The lowest BCUT2D eigenvalue weighted by molar-refractivity contribution is 0.0971. The fraction of sp³-hybridized carbons (Fsp3) is 0.125. The molecule has 1 aliphatic heterocycles. The molecule has 0 saturated carbocycles. The summed E-state index contributed by atoms with van der Waals surface area (Å²) in [5.74, 6) is -0.223. The fourth-order valence-electron chi connectivity index (χ4n) is 4.12. The highest BCUT2D eigenvalue weighted by Crippen LogP contribution is 2.44. The van der Waals surface area contributed by atoms with Gasteiger partial charge < -0.3 is 4.42 Å². The smallest absolute Gasteiger partial charge is 0.297 e. The van der Waals surface area contributed by atoms with Crippen LogP contribution < -0.4 is 10.3 Å². The molecule has 0 spiro atoms. The van der Waals surface area contributed by atoms with Gasteiger partial charge in [-0.15, -0.1) is 11.3 Å². The molecule has 0 fully saturated rings. The number of benzene rings is 2. The number of aromatic nitrogens is 1. The molecular formula is C24H16N2O3S2. The number of thiophene rings is 1. The second-order valence-electron chi connectivity index (χ2n) is 7.73. The van der Waals surface area contributed by atoms with Crippen molar-refractivity contribution in [2.24, 2.45) is 0 Å². The van der Waals surface area contributed by atoms with Crippen LogP contribution in [0, 0.1) is 13.8 Å². The maximum atomic E-state index is 13.6. The maximum Gasteiger partial charge on any atom is 0.297 e. The number of amides is 1. The van der Waals surface area contributed by atoms with Crippen molar-refractivity contribution in [2.45, 2.75) is 19.9 Å². The van der Waals surface area contributed by atoms with E-state index in [1.54, 1.807) is 11.0 Å². The van der Waals surface area contributed by atoms with Crippen molar-refractivity contribution < 1.29 is 9.21 Å². The van der Waals surface area contributed by atoms with Gasteiger partial charge in [0.1, 0.15) is 11.6 Å². The average molecular weight is 445 g/mol. The summed E-state index contributed by atoms with van der Waals surface area (Å²) < 4.78 is 7.02. The number of aryl methyl sites for hydroxylation is 2. The first-order valence-electron chi connectivity index (χ1n) is 9.83. The van der Waals surface area contributed by atoms with E-state index in [0.29, 0.717) is 21.7 Å². The Morgan fingerprint density at radius 3 is 2.65 bits per heavy atom. The Balaban J connectivity index is 1.64. The summed E-state index contributed by atoms with van der Waals surface area (Å²) in [6, 6.07) is 14.8. The molecule has 0 saturated heterocycles. The molecule has 3 aromatic heterocycles. The monoisotopic (exact) mass is 444 g/mol. The highest BCUT2D eigenvalue weighted by molar-refractivity contribution is 7.22. The molecule has 5 nitrogen and oxygen atoms in total. The number of rotatable bonds is 2. The molecule has 0 radical (unpaired) electrons. The van der Waals surface area contributed by atoms with Crippen LogP contribution in [0.25, 0.3) is 21.2 Å². The highest BCUT2D eigenvalue weighted by Gasteiger charge is 2.45. The van der Waals surface area contributed by atoms with E-state index in [2.05, 4.69) is 6.07 Å². The van der Waals surface area contributed by atoms with E-state index >= 15 is 0 Å². The van der Waals surface area contributed by atoms with Crippen LogP contribution in [0.3, 0.4) is 0 Å². The predicted molar refractivity (Wildman–Crippen MR) is 125 cm³/mol. The lowest BCUT2D eigenvalue weighted by Gasteiger charge is -2.20. The van der Waals surface area contributed by atoms with Crippen LogP contribution in [0.4, 0.5) is 5.13 Å². The van der Waals surface area contributed by atoms with E-state index in [9.17, 15) is 9.59 Å². The molecule has 5 aromatic rings. The number of anilines is 1. The first kappa shape index (κ1) is 18.5. The Morgan fingerprint density at radius 2 is 1.84 bits per heavy atom. The fourth-order valence-corrected chi connectivity index (χ4v) is 6.04. The van der Waals surface area contributed by atoms with E-state index < -0.39 is 6.04 Å². The van der Waals surface area contributed by atoms with Crippen LogP contribution in [-0.2, 0) is 0 Å². The second-order valence-corrected chi connectivity index (χ2v) is 9.72. The molecule has 1 amide bonds. The first-order valence-corrected chi connectivity index (χ1v) is 11.5. The lowest BCUT2D eigenvalue weighted by Crippen LogP contribution is -2.28. The summed E-state index contributed by atoms with van der Waals surface area (Å²) in [5, 5.41) is 3.01. The topological polar surface area (TPSA) is 63.4 Å². The van der Waals surface area contributed by atoms with Crippen LogP contribution in [0.15, 0.2) is 63.1 Å². The van der Waals surface area contributed by atoms with Crippen LogP contribution in [0.1, 0.15) is 38.2 Å². The SMILES string of the molecule is Cc1ccc2nc(N3C(=O)c4oc5ccc(C)cc5c(=O)c4[C@@H]3c3cccs3)sc2c1. The van der Waals surface area contributed by atoms with Crippen molar-refractivity contribution in [2.75, 3.05) is 4.90 Å². The maximum absolute atomic E-state index is 13.6. The minimum absolute atomic E-state index is 0.107. The Morgan fingerprint density at radius 1 is 1.03 bits per heavy atom. The Bertz CT molecular complexity index is 1560. The minimum atomic E-state index is -0.551. The van der Waals surface area contributed by atoms with E-state index in [-0.39, 0.29) is 17.1 Å². The first-order chi connectivity index (χ1) is 15.0. The summed E-state index contributed by atoms with van der Waals surface area (Å²) in [7, 11) is 0. The van der Waals surface area contributed by atoms with Crippen molar-refractivity contribution in [1.82, 2.24) is 4.98 Å². The molecule has 1 aliphatic rings. The third-order valence-electron chi connectivity index (χ3n) is 5.58. The van der Waals surface area contributed by atoms with E-state index in [0.717, 1.165) is 26.2 Å². The van der Waals surface area contributed by atoms with Crippen molar-refractivity contribution >= 4 is 54.9 Å². The number of carbonyl (C=O) groups is 1. The van der Waals surface area contributed by atoms with Gasteiger partial charge in [-0.05, 0) is 55.1 Å². The molecule has 2 aromatic carbocycles. The molecule has 7 heteroatoms. The Labute approximate surface area is 185 Å². The highest BCUT2D eigenvalue weighted by atomic mass is 32.1. The summed E-state index contributed by atoms with van der Waals surface area (Å²) in [6.45, 7) is 3.96. The summed E-state index contributed by atoms with van der Waals surface area (Å²) in [6.07, 6.45) is 0. The molecule has 4 heterocycles. The summed E-state index contributed by atoms with van der Waals surface area (Å²) in [5.41, 5.74) is 3.59. The molecule has 0 aliphatic carbocycles. The molecule has 6 rings (SSSR count). The lowest BCUT2D eigenvalue weighted by atomic mass is 10.0. The minimum Gasteiger partial charge on any atom is -0.450 e. The predicted octanol–water partition coefficient (Wildman–Crippen LogP) is 5.83. The van der Waals surface area contributed by atoms with Crippen LogP contribution in [0.5, 0.6) is 0 Å². The van der Waals surface area contributed by atoms with Crippen molar-refractivity contribution in [1.29, 1.82) is 0 Å². The zero-order valence-electron chi connectivity index (χ0n) is 16.7. The van der Waals surface area contributed by atoms with Gasteiger partial charge in [0, 0.05) is 4.88 Å². The van der Waals surface area contributed by atoms with Gasteiger partial charge in [0.25, 0.3) is 5.91 Å². The largest absolute Gasteiger partial charge is 0.450 e. The second kappa shape index (κ2) is 6.60. The molecule has 0 bridgehead atoms. The van der Waals surface area contributed by atoms with Crippen LogP contribution >= 0.6 is 22.7 Å². The van der Waals surface area contributed by atoms with Gasteiger partial charge in [-0.25, -0.2) is 4.98 Å². The number of hydrogen-bond donors (Lipinski definition) is 0. The van der Waals surface area contributed by atoms with Gasteiger partial charge in [-0.1, -0.05) is 35.1 Å². The standard InChI is InChI=1S/C24H16N2O3S2/c1-12-6-8-16-14(10-12)21(27)19-20(17-4-3-9-30-17)26(23(28)22(19)29-16)24-25-15-7-5-13(2)11-18(15)31-24/h3-11,20H,1-2H3/t20-/m0/s1. The van der Waals surface area contributed by atoms with E-state index in [4.69, 9.17) is 9.40 Å². The van der Waals surface area contributed by atoms with Crippen LogP contribution in [-0.4, -0.2) is 10.9 Å². The van der Waals surface area contributed by atoms with Gasteiger partial charge >= 0.3 is 0 Å². The molecule has 152 valence electrons. The Hall–Kier alpha value is -3.29. The van der Waals surface area contributed by atoms with Crippen molar-refractivity contribution in [3.63, 3.8) is 0 Å². The molecular weight excluding hydrogens is 428 g/mol. The Kier molecular flexibility index (Phi) is 3.94. The van der Waals surface area contributed by atoms with Crippen LogP contribution in [0.2, 0.25) is 0 Å². The number of nitrogens with zero attached hydrogens (tertiary/aromatic N) is 2. The summed E-state index contributed by atoms with van der Waals surface area (Å²) >= 11 is 2.96. The third-order valence-corrected chi connectivity index (χ3v) is 7.52. The normalized spacial score (nSPS) is 15.9. The van der Waals surface area contributed by atoms with Gasteiger partial charge in [-0.2, -0.15) is 0 Å². The molecule has 0 unspecified atom stereocenters. The molecule has 0 N–H and O–H groups in total. The average Bonchev–Trinajstić information content (AvgIpc) is 3.46. The van der Waals surface area contributed by atoms with Gasteiger partial charge in [0.2, 0.25) is 5.76 Å². The van der Waals surface area contributed by atoms with Crippen molar-refractivity contribution in [3.05, 3.63) is 91.5 Å². The van der Waals surface area contributed by atoms with Gasteiger partial charge in [0.05, 0.1) is 21.2 Å². The quantitative estimate of drug-likeness (QED) is 0.344. The zero-order chi connectivity index (χ0) is 21.3. The third kappa shape index (κ3) is 2.70.